The molecule has 0 bridgehead atoms. The molecule has 4 nitrogen and oxygen atoms in total. The maximum absolute atomic E-state index is 13.3. The van der Waals surface area contributed by atoms with E-state index in [0.717, 1.165) is 23.8 Å². The Hall–Kier alpha value is -2.66. The van der Waals surface area contributed by atoms with Crippen molar-refractivity contribution >= 4 is 28.9 Å². The standard InChI is InChI=1S/C19H18ClFN4/c1-13-23-18(22-10-9-14-5-7-15(20)8-6-14)12-19(24-13)25-17-4-2-3-16(21)11-17/h2-8,11-12H,9-10H2,1H3,(H2,22,23,24,25). The predicted molar refractivity (Wildman–Crippen MR) is 100 cm³/mol. The van der Waals surface area contributed by atoms with Gasteiger partial charge < -0.3 is 10.6 Å². The van der Waals surface area contributed by atoms with Crippen LogP contribution in [0, 0.1) is 12.7 Å². The van der Waals surface area contributed by atoms with E-state index >= 15 is 0 Å². The summed E-state index contributed by atoms with van der Waals surface area (Å²) in [6.07, 6.45) is 0.854. The van der Waals surface area contributed by atoms with Gasteiger partial charge in [0.15, 0.2) is 0 Å². The van der Waals surface area contributed by atoms with E-state index in [2.05, 4.69) is 20.6 Å². The van der Waals surface area contributed by atoms with Crippen molar-refractivity contribution in [2.45, 2.75) is 13.3 Å². The minimum atomic E-state index is -0.294. The summed E-state index contributed by atoms with van der Waals surface area (Å²) >= 11 is 5.89. The van der Waals surface area contributed by atoms with Crippen molar-refractivity contribution in [1.29, 1.82) is 0 Å². The third-order valence-corrected chi connectivity index (χ3v) is 3.82. The maximum Gasteiger partial charge on any atom is 0.136 e. The quantitative estimate of drug-likeness (QED) is 0.654. The lowest BCUT2D eigenvalue weighted by atomic mass is 10.1. The molecule has 0 radical (unpaired) electrons. The third-order valence-electron chi connectivity index (χ3n) is 3.57. The van der Waals surface area contributed by atoms with E-state index in [1.54, 1.807) is 18.2 Å². The van der Waals surface area contributed by atoms with Gasteiger partial charge in [-0.15, -0.1) is 0 Å². The second-order valence-electron chi connectivity index (χ2n) is 5.62. The van der Waals surface area contributed by atoms with Crippen LogP contribution in [0.3, 0.4) is 0 Å². The summed E-state index contributed by atoms with van der Waals surface area (Å²) in [5.74, 6) is 1.68. The van der Waals surface area contributed by atoms with Crippen molar-refractivity contribution in [3.05, 3.63) is 76.8 Å². The number of aromatic nitrogens is 2. The molecule has 0 aliphatic carbocycles. The fourth-order valence-corrected chi connectivity index (χ4v) is 2.55. The third kappa shape index (κ3) is 5.16. The number of anilines is 3. The van der Waals surface area contributed by atoms with Gasteiger partial charge in [-0.3, -0.25) is 0 Å². The Morgan fingerprint density at radius 1 is 1.00 bits per heavy atom. The van der Waals surface area contributed by atoms with Crippen LogP contribution < -0.4 is 10.6 Å². The number of nitrogens with one attached hydrogen (secondary N) is 2. The minimum absolute atomic E-state index is 0.294. The summed E-state index contributed by atoms with van der Waals surface area (Å²) < 4.78 is 13.3. The smallest absolute Gasteiger partial charge is 0.136 e. The molecule has 2 aromatic carbocycles. The molecule has 0 spiro atoms. The summed E-state index contributed by atoms with van der Waals surface area (Å²) in [7, 11) is 0. The van der Waals surface area contributed by atoms with Gasteiger partial charge in [0.2, 0.25) is 0 Å². The Labute approximate surface area is 151 Å². The van der Waals surface area contributed by atoms with Crippen molar-refractivity contribution in [3.63, 3.8) is 0 Å². The summed E-state index contributed by atoms with van der Waals surface area (Å²) in [5.41, 5.74) is 1.84. The lowest BCUT2D eigenvalue weighted by molar-refractivity contribution is 0.628. The fourth-order valence-electron chi connectivity index (χ4n) is 2.42. The number of hydrogen-bond donors (Lipinski definition) is 2. The zero-order valence-electron chi connectivity index (χ0n) is 13.8. The van der Waals surface area contributed by atoms with E-state index < -0.39 is 0 Å². The molecular weight excluding hydrogens is 339 g/mol. The zero-order valence-corrected chi connectivity index (χ0v) is 14.5. The van der Waals surface area contributed by atoms with Crippen LogP contribution in [0.1, 0.15) is 11.4 Å². The fraction of sp³-hybridized carbons (Fsp3) is 0.158. The predicted octanol–water partition coefficient (Wildman–Crippen LogP) is 4.98. The molecule has 1 heterocycles. The van der Waals surface area contributed by atoms with Crippen LogP contribution in [0.4, 0.5) is 21.7 Å². The van der Waals surface area contributed by atoms with Gasteiger partial charge in [0.1, 0.15) is 23.3 Å². The first-order valence-corrected chi connectivity index (χ1v) is 8.33. The number of rotatable bonds is 6. The lowest BCUT2D eigenvalue weighted by Gasteiger charge is -2.10. The van der Waals surface area contributed by atoms with Crippen molar-refractivity contribution in [3.8, 4) is 0 Å². The van der Waals surface area contributed by atoms with Crippen molar-refractivity contribution in [2.24, 2.45) is 0 Å². The van der Waals surface area contributed by atoms with Crippen LogP contribution in [-0.4, -0.2) is 16.5 Å². The minimum Gasteiger partial charge on any atom is -0.370 e. The Balaban J connectivity index is 1.63. The number of aryl methyl sites for hydroxylation is 1. The number of benzene rings is 2. The highest BCUT2D eigenvalue weighted by atomic mass is 35.5. The molecule has 0 unspecified atom stereocenters. The average molecular weight is 357 g/mol. The molecule has 3 aromatic rings. The van der Waals surface area contributed by atoms with E-state index in [1.807, 2.05) is 31.2 Å². The second kappa shape index (κ2) is 7.94. The van der Waals surface area contributed by atoms with Crippen molar-refractivity contribution in [1.82, 2.24) is 9.97 Å². The molecule has 0 saturated carbocycles. The van der Waals surface area contributed by atoms with Gasteiger partial charge >= 0.3 is 0 Å². The van der Waals surface area contributed by atoms with Crippen LogP contribution in [0.15, 0.2) is 54.6 Å². The molecule has 0 atom stereocenters. The molecular formula is C19H18ClFN4. The number of halogens is 2. The van der Waals surface area contributed by atoms with Gasteiger partial charge in [0.05, 0.1) is 0 Å². The van der Waals surface area contributed by atoms with Crippen molar-refractivity contribution < 1.29 is 4.39 Å². The summed E-state index contributed by atoms with van der Waals surface area (Å²) in [6, 6.07) is 15.8. The van der Waals surface area contributed by atoms with E-state index in [1.165, 1.54) is 17.7 Å². The van der Waals surface area contributed by atoms with Gasteiger partial charge in [0.25, 0.3) is 0 Å². The Morgan fingerprint density at radius 3 is 2.52 bits per heavy atom. The van der Waals surface area contributed by atoms with Crippen molar-refractivity contribution in [2.75, 3.05) is 17.2 Å². The van der Waals surface area contributed by atoms with Gasteiger partial charge in [-0.2, -0.15) is 0 Å². The maximum atomic E-state index is 13.3. The van der Waals surface area contributed by atoms with Crippen LogP contribution >= 0.6 is 11.6 Å². The van der Waals surface area contributed by atoms with Crippen LogP contribution in [0.25, 0.3) is 0 Å². The highest BCUT2D eigenvalue weighted by Crippen LogP contribution is 2.18. The molecule has 0 saturated heterocycles. The van der Waals surface area contributed by atoms with Crippen LogP contribution in [0.5, 0.6) is 0 Å². The van der Waals surface area contributed by atoms with Gasteiger partial charge in [-0.25, -0.2) is 14.4 Å². The summed E-state index contributed by atoms with van der Waals surface area (Å²) in [5, 5.41) is 7.12. The number of nitrogens with zero attached hydrogens (tertiary/aromatic N) is 2. The average Bonchev–Trinajstić information content (AvgIpc) is 2.56. The lowest BCUT2D eigenvalue weighted by Crippen LogP contribution is -2.08. The molecule has 0 aliphatic rings. The van der Waals surface area contributed by atoms with E-state index in [0.29, 0.717) is 17.3 Å². The molecule has 1 aromatic heterocycles. The molecule has 0 fully saturated rings. The summed E-state index contributed by atoms with van der Waals surface area (Å²) in [4.78, 5) is 8.72. The van der Waals surface area contributed by atoms with Crippen LogP contribution in [0.2, 0.25) is 5.02 Å². The first-order chi connectivity index (χ1) is 12.1. The highest BCUT2D eigenvalue weighted by Gasteiger charge is 2.03. The second-order valence-corrected chi connectivity index (χ2v) is 6.06. The largest absolute Gasteiger partial charge is 0.370 e. The monoisotopic (exact) mass is 356 g/mol. The molecule has 128 valence electrons. The van der Waals surface area contributed by atoms with Crippen LogP contribution in [-0.2, 0) is 6.42 Å². The molecule has 0 aliphatic heterocycles. The number of hydrogen-bond acceptors (Lipinski definition) is 4. The topological polar surface area (TPSA) is 49.8 Å². The summed E-state index contributed by atoms with van der Waals surface area (Å²) in [6.45, 7) is 2.55. The zero-order chi connectivity index (χ0) is 17.6. The van der Waals surface area contributed by atoms with E-state index in [-0.39, 0.29) is 5.82 Å². The SMILES string of the molecule is Cc1nc(NCCc2ccc(Cl)cc2)cc(Nc2cccc(F)c2)n1. The molecule has 2 N–H and O–H groups in total. The molecule has 3 rings (SSSR count). The van der Waals surface area contributed by atoms with Gasteiger partial charge in [0, 0.05) is 23.3 Å². The van der Waals surface area contributed by atoms with Gasteiger partial charge in [-0.1, -0.05) is 29.8 Å². The first-order valence-electron chi connectivity index (χ1n) is 7.95. The molecule has 25 heavy (non-hydrogen) atoms. The molecule has 6 heteroatoms. The molecule has 0 amide bonds. The van der Waals surface area contributed by atoms with E-state index in [4.69, 9.17) is 11.6 Å². The Kier molecular flexibility index (Phi) is 5.46. The Morgan fingerprint density at radius 2 is 1.76 bits per heavy atom. The first kappa shape index (κ1) is 17.2. The van der Waals surface area contributed by atoms with Gasteiger partial charge in [-0.05, 0) is 49.2 Å². The highest BCUT2D eigenvalue weighted by molar-refractivity contribution is 6.30. The normalized spacial score (nSPS) is 10.5. The Bertz CT molecular complexity index is 852. The van der Waals surface area contributed by atoms with E-state index in [9.17, 15) is 4.39 Å².